The average Bonchev–Trinajstić information content (AvgIpc) is 3.32. The summed E-state index contributed by atoms with van der Waals surface area (Å²) < 4.78 is 5.42. The Hall–Kier alpha value is -2.92. The Kier molecular flexibility index (Phi) is 3.38. The van der Waals surface area contributed by atoms with E-state index >= 15 is 0 Å². The zero-order valence-electron chi connectivity index (χ0n) is 13.8. The Bertz CT molecular complexity index is 1020. The molecule has 25 heavy (non-hydrogen) atoms. The number of rotatable bonds is 3. The molecule has 1 aromatic carbocycles. The lowest BCUT2D eigenvalue weighted by atomic mass is 10.1. The van der Waals surface area contributed by atoms with Gasteiger partial charge in [-0.15, -0.1) is 0 Å². The number of aromatic amines is 1. The molecule has 0 aliphatic carbocycles. The summed E-state index contributed by atoms with van der Waals surface area (Å²) in [4.78, 5) is 14.9. The van der Waals surface area contributed by atoms with Crippen molar-refractivity contribution in [1.29, 1.82) is 0 Å². The van der Waals surface area contributed by atoms with Gasteiger partial charge in [0.05, 0.1) is 12.0 Å². The van der Waals surface area contributed by atoms with E-state index < -0.39 is 0 Å². The molecular formula is C20H18N4O. The molecule has 4 aromatic rings. The third-order valence-electron chi connectivity index (χ3n) is 4.79. The first-order valence-electron chi connectivity index (χ1n) is 8.52. The summed E-state index contributed by atoms with van der Waals surface area (Å²) in [6.45, 7) is 2.79. The van der Waals surface area contributed by atoms with Crippen LogP contribution in [0.5, 0.6) is 0 Å². The van der Waals surface area contributed by atoms with Crippen molar-refractivity contribution in [2.24, 2.45) is 0 Å². The minimum absolute atomic E-state index is 0.665. The van der Waals surface area contributed by atoms with Gasteiger partial charge in [0, 0.05) is 37.5 Å². The molecule has 5 heteroatoms. The largest absolute Gasteiger partial charge is 0.461 e. The third kappa shape index (κ3) is 2.72. The molecule has 0 saturated heterocycles. The fraction of sp³-hybridized carbons (Fsp3) is 0.200. The van der Waals surface area contributed by atoms with Gasteiger partial charge in [-0.2, -0.15) is 0 Å². The van der Waals surface area contributed by atoms with Crippen molar-refractivity contribution < 1.29 is 4.42 Å². The molecule has 5 nitrogen and oxygen atoms in total. The summed E-state index contributed by atoms with van der Waals surface area (Å²) in [5.41, 5.74) is 4.86. The van der Waals surface area contributed by atoms with Crippen LogP contribution in [0.4, 0.5) is 0 Å². The van der Waals surface area contributed by atoms with Gasteiger partial charge in [0.1, 0.15) is 0 Å². The van der Waals surface area contributed by atoms with Crippen LogP contribution in [-0.2, 0) is 19.5 Å². The first kappa shape index (κ1) is 14.4. The van der Waals surface area contributed by atoms with Gasteiger partial charge in [-0.1, -0.05) is 12.1 Å². The predicted molar refractivity (Wildman–Crippen MR) is 95.9 cm³/mol. The van der Waals surface area contributed by atoms with E-state index in [0.717, 1.165) is 37.5 Å². The number of nitrogens with one attached hydrogen (secondary N) is 1. The highest BCUT2D eigenvalue weighted by Gasteiger charge is 2.19. The summed E-state index contributed by atoms with van der Waals surface area (Å²) in [6, 6.07) is 12.5. The number of aromatic nitrogens is 3. The van der Waals surface area contributed by atoms with Gasteiger partial charge in [0.2, 0.25) is 0 Å². The summed E-state index contributed by atoms with van der Waals surface area (Å²) in [6.07, 6.45) is 6.57. The van der Waals surface area contributed by atoms with Crippen molar-refractivity contribution in [3.8, 4) is 11.6 Å². The molecule has 0 amide bonds. The average molecular weight is 330 g/mol. The number of nitrogens with zero attached hydrogens (tertiary/aromatic N) is 3. The van der Waals surface area contributed by atoms with E-state index in [4.69, 9.17) is 9.40 Å². The van der Waals surface area contributed by atoms with Crippen LogP contribution in [0, 0.1) is 0 Å². The van der Waals surface area contributed by atoms with E-state index in [-0.39, 0.29) is 0 Å². The lowest BCUT2D eigenvalue weighted by Crippen LogP contribution is -2.31. The number of furan rings is 1. The van der Waals surface area contributed by atoms with Gasteiger partial charge in [-0.3, -0.25) is 4.90 Å². The molecule has 5 rings (SSSR count). The quantitative estimate of drug-likeness (QED) is 0.621. The van der Waals surface area contributed by atoms with Crippen LogP contribution < -0.4 is 0 Å². The number of hydrogen-bond acceptors (Lipinski definition) is 4. The maximum Gasteiger partial charge on any atom is 0.195 e. The van der Waals surface area contributed by atoms with Crippen LogP contribution in [0.3, 0.4) is 0 Å². The van der Waals surface area contributed by atoms with Crippen LogP contribution in [0.25, 0.3) is 22.5 Å². The predicted octanol–water partition coefficient (Wildman–Crippen LogP) is 3.78. The first-order chi connectivity index (χ1) is 12.3. The zero-order chi connectivity index (χ0) is 16.6. The van der Waals surface area contributed by atoms with Crippen LogP contribution in [0.2, 0.25) is 0 Å². The van der Waals surface area contributed by atoms with Crippen LogP contribution in [0.1, 0.15) is 16.8 Å². The Morgan fingerprint density at radius 3 is 3.12 bits per heavy atom. The Labute approximate surface area is 145 Å². The second-order valence-corrected chi connectivity index (χ2v) is 6.50. The van der Waals surface area contributed by atoms with E-state index in [1.165, 1.54) is 22.0 Å². The molecule has 0 bridgehead atoms. The molecule has 1 N–H and O–H groups in total. The lowest BCUT2D eigenvalue weighted by molar-refractivity contribution is 0.241. The second-order valence-electron chi connectivity index (χ2n) is 6.50. The normalized spacial score (nSPS) is 14.7. The molecule has 0 saturated carbocycles. The molecule has 1 aliphatic rings. The van der Waals surface area contributed by atoms with Crippen LogP contribution in [0.15, 0.2) is 59.5 Å². The van der Waals surface area contributed by atoms with Crippen LogP contribution >= 0.6 is 0 Å². The molecule has 0 unspecified atom stereocenters. The van der Waals surface area contributed by atoms with Crippen molar-refractivity contribution in [2.45, 2.75) is 19.5 Å². The monoisotopic (exact) mass is 330 g/mol. The van der Waals surface area contributed by atoms with E-state index in [0.29, 0.717) is 5.82 Å². The molecule has 4 heterocycles. The van der Waals surface area contributed by atoms with Crippen LogP contribution in [-0.4, -0.2) is 26.4 Å². The molecule has 0 spiro atoms. The SMILES string of the molecule is c1coc(-c2ncc3c(n2)CN(Cc2ccc4cc[nH]c4c2)CC3)c1. The lowest BCUT2D eigenvalue weighted by Gasteiger charge is -2.28. The van der Waals surface area contributed by atoms with Crippen molar-refractivity contribution in [1.82, 2.24) is 19.9 Å². The number of hydrogen-bond donors (Lipinski definition) is 1. The maximum atomic E-state index is 5.42. The molecule has 3 aromatic heterocycles. The van der Waals surface area contributed by atoms with Gasteiger partial charge in [-0.25, -0.2) is 9.97 Å². The Morgan fingerprint density at radius 1 is 1.20 bits per heavy atom. The molecule has 124 valence electrons. The summed E-state index contributed by atoms with van der Waals surface area (Å²) in [5.74, 6) is 1.38. The molecule has 0 radical (unpaired) electrons. The van der Waals surface area contributed by atoms with E-state index in [1.807, 2.05) is 24.5 Å². The van der Waals surface area contributed by atoms with Gasteiger partial charge >= 0.3 is 0 Å². The number of fused-ring (bicyclic) bond motifs is 2. The highest BCUT2D eigenvalue weighted by atomic mass is 16.3. The Balaban J connectivity index is 1.38. The number of benzene rings is 1. The van der Waals surface area contributed by atoms with Gasteiger partial charge in [-0.05, 0) is 47.2 Å². The van der Waals surface area contributed by atoms with E-state index in [1.54, 1.807) is 6.26 Å². The fourth-order valence-electron chi connectivity index (χ4n) is 3.47. The zero-order valence-corrected chi connectivity index (χ0v) is 13.8. The van der Waals surface area contributed by atoms with Crippen molar-refractivity contribution >= 4 is 10.9 Å². The third-order valence-corrected chi connectivity index (χ3v) is 4.79. The summed E-state index contributed by atoms with van der Waals surface area (Å²) in [5, 5.41) is 1.25. The van der Waals surface area contributed by atoms with E-state index in [9.17, 15) is 0 Å². The van der Waals surface area contributed by atoms with E-state index in [2.05, 4.69) is 39.1 Å². The second kappa shape index (κ2) is 5.86. The smallest absolute Gasteiger partial charge is 0.195 e. The standard InChI is InChI=1S/C20H18N4O/c1-2-19(25-9-1)20-22-11-16-6-8-24(13-18(16)23-20)12-14-3-4-15-5-7-21-17(15)10-14/h1-5,7,9-11,21H,6,8,12-13H2. The maximum absolute atomic E-state index is 5.42. The van der Waals surface area contributed by atoms with Gasteiger partial charge in [0.15, 0.2) is 11.6 Å². The fourth-order valence-corrected chi connectivity index (χ4v) is 3.47. The topological polar surface area (TPSA) is 58.0 Å². The highest BCUT2D eigenvalue weighted by Crippen LogP contribution is 2.23. The highest BCUT2D eigenvalue weighted by molar-refractivity contribution is 5.79. The minimum Gasteiger partial charge on any atom is -0.461 e. The first-order valence-corrected chi connectivity index (χ1v) is 8.52. The molecule has 0 atom stereocenters. The van der Waals surface area contributed by atoms with Gasteiger partial charge in [0.25, 0.3) is 0 Å². The minimum atomic E-state index is 0.665. The van der Waals surface area contributed by atoms with Crippen molar-refractivity contribution in [2.75, 3.05) is 6.54 Å². The number of H-pyrrole nitrogens is 1. The molecular weight excluding hydrogens is 312 g/mol. The Morgan fingerprint density at radius 2 is 2.20 bits per heavy atom. The molecule has 0 fully saturated rings. The summed E-state index contributed by atoms with van der Waals surface area (Å²) in [7, 11) is 0. The summed E-state index contributed by atoms with van der Waals surface area (Å²) >= 11 is 0. The van der Waals surface area contributed by atoms with Crippen molar-refractivity contribution in [3.05, 3.63) is 71.9 Å². The molecule has 1 aliphatic heterocycles. The van der Waals surface area contributed by atoms with Crippen molar-refractivity contribution in [3.63, 3.8) is 0 Å². The van der Waals surface area contributed by atoms with Gasteiger partial charge < -0.3 is 9.40 Å².